The minimum atomic E-state index is -0.0174. The molecule has 3 heterocycles. The molecule has 1 aromatic rings. The summed E-state index contributed by atoms with van der Waals surface area (Å²) in [5.41, 5.74) is 0. The smallest absolute Gasteiger partial charge is 0.228 e. The first-order chi connectivity index (χ1) is 13.1. The van der Waals surface area contributed by atoms with Crippen LogP contribution in [0.1, 0.15) is 39.5 Å². The van der Waals surface area contributed by atoms with Gasteiger partial charge in [0.15, 0.2) is 0 Å². The summed E-state index contributed by atoms with van der Waals surface area (Å²) >= 11 is 1.45. The summed E-state index contributed by atoms with van der Waals surface area (Å²) in [5, 5.41) is 13.1. The summed E-state index contributed by atoms with van der Waals surface area (Å²) in [4.78, 5) is 30.6. The van der Waals surface area contributed by atoms with Crippen molar-refractivity contribution >= 4 is 33.4 Å². The number of carbonyl (C=O) groups is 2. The van der Waals surface area contributed by atoms with Crippen LogP contribution in [0.25, 0.3) is 0 Å². The molecule has 2 aliphatic heterocycles. The van der Waals surface area contributed by atoms with Crippen molar-refractivity contribution in [3.05, 3.63) is 0 Å². The standard InChI is InChI=1S/C18H30N6O2S/c1-3-22(4-2)12-9-19-16(26)14-7-5-10-23(13-14)17-20-21-18(27-17)24-11-6-8-15(24)25/h14H,3-13H2,1-2H3,(H,19,26)/t14-/m1/s1. The summed E-state index contributed by atoms with van der Waals surface area (Å²) in [7, 11) is 0. The van der Waals surface area contributed by atoms with Gasteiger partial charge in [-0.05, 0) is 32.4 Å². The van der Waals surface area contributed by atoms with Crippen LogP contribution in [0, 0.1) is 5.92 Å². The molecule has 9 heteroatoms. The van der Waals surface area contributed by atoms with Gasteiger partial charge < -0.3 is 15.1 Å². The fourth-order valence-corrected chi connectivity index (χ4v) is 4.61. The van der Waals surface area contributed by atoms with Crippen molar-refractivity contribution in [2.24, 2.45) is 5.92 Å². The van der Waals surface area contributed by atoms with E-state index >= 15 is 0 Å². The zero-order valence-corrected chi connectivity index (χ0v) is 17.1. The predicted molar refractivity (Wildman–Crippen MR) is 107 cm³/mol. The lowest BCUT2D eigenvalue weighted by atomic mass is 9.97. The molecule has 0 bridgehead atoms. The zero-order chi connectivity index (χ0) is 19.2. The molecule has 0 radical (unpaired) electrons. The van der Waals surface area contributed by atoms with Crippen molar-refractivity contribution in [1.29, 1.82) is 0 Å². The van der Waals surface area contributed by atoms with Gasteiger partial charge in [-0.2, -0.15) is 0 Å². The van der Waals surface area contributed by atoms with E-state index in [9.17, 15) is 9.59 Å². The van der Waals surface area contributed by atoms with E-state index < -0.39 is 0 Å². The van der Waals surface area contributed by atoms with Gasteiger partial charge >= 0.3 is 0 Å². The number of nitrogens with zero attached hydrogens (tertiary/aromatic N) is 5. The van der Waals surface area contributed by atoms with Crippen LogP contribution in [0.3, 0.4) is 0 Å². The minimum Gasteiger partial charge on any atom is -0.355 e. The normalized spacial score (nSPS) is 20.6. The van der Waals surface area contributed by atoms with E-state index in [0.29, 0.717) is 24.6 Å². The van der Waals surface area contributed by atoms with Gasteiger partial charge in [0.05, 0.1) is 5.92 Å². The third-order valence-electron chi connectivity index (χ3n) is 5.39. The molecule has 2 saturated heterocycles. The highest BCUT2D eigenvalue weighted by Crippen LogP contribution is 2.32. The number of carbonyl (C=O) groups excluding carboxylic acids is 2. The van der Waals surface area contributed by atoms with Gasteiger partial charge in [0.1, 0.15) is 0 Å². The number of hydrogen-bond donors (Lipinski definition) is 1. The van der Waals surface area contributed by atoms with Crippen molar-refractivity contribution in [3.8, 4) is 0 Å². The quantitative estimate of drug-likeness (QED) is 0.717. The topological polar surface area (TPSA) is 81.7 Å². The molecule has 0 aliphatic carbocycles. The van der Waals surface area contributed by atoms with Crippen molar-refractivity contribution in [2.75, 3.05) is 55.6 Å². The van der Waals surface area contributed by atoms with Crippen LogP contribution < -0.4 is 15.1 Å². The summed E-state index contributed by atoms with van der Waals surface area (Å²) in [6.07, 6.45) is 3.34. The van der Waals surface area contributed by atoms with Gasteiger partial charge in [0, 0.05) is 39.1 Å². The highest BCUT2D eigenvalue weighted by atomic mass is 32.1. The number of amides is 2. The number of anilines is 2. The second-order valence-electron chi connectivity index (χ2n) is 7.12. The third kappa shape index (κ3) is 4.95. The Kier molecular flexibility index (Phi) is 7.01. The molecule has 0 saturated carbocycles. The molecule has 1 N–H and O–H groups in total. The molecule has 150 valence electrons. The zero-order valence-electron chi connectivity index (χ0n) is 16.3. The fraction of sp³-hybridized carbons (Fsp3) is 0.778. The highest BCUT2D eigenvalue weighted by molar-refractivity contribution is 7.19. The number of rotatable bonds is 8. The van der Waals surface area contributed by atoms with Crippen LogP contribution in [0.4, 0.5) is 10.3 Å². The van der Waals surface area contributed by atoms with Crippen LogP contribution in [-0.2, 0) is 9.59 Å². The molecule has 2 fully saturated rings. The maximum absolute atomic E-state index is 12.5. The first-order valence-corrected chi connectivity index (χ1v) is 10.8. The van der Waals surface area contributed by atoms with Gasteiger partial charge in [-0.15, -0.1) is 10.2 Å². The number of aromatic nitrogens is 2. The first kappa shape index (κ1) is 20.0. The van der Waals surface area contributed by atoms with E-state index in [2.05, 4.69) is 39.2 Å². The third-order valence-corrected chi connectivity index (χ3v) is 6.40. The SMILES string of the molecule is CCN(CC)CCNC(=O)[C@@H]1CCCN(c2nnc(N3CCCC3=O)s2)C1. The van der Waals surface area contributed by atoms with E-state index in [1.165, 1.54) is 11.3 Å². The van der Waals surface area contributed by atoms with E-state index in [4.69, 9.17) is 0 Å². The van der Waals surface area contributed by atoms with Crippen LogP contribution in [0.15, 0.2) is 0 Å². The highest BCUT2D eigenvalue weighted by Gasteiger charge is 2.29. The summed E-state index contributed by atoms with van der Waals surface area (Å²) < 4.78 is 0. The average Bonchev–Trinajstić information content (AvgIpc) is 3.34. The van der Waals surface area contributed by atoms with Crippen LogP contribution in [-0.4, -0.2) is 72.7 Å². The van der Waals surface area contributed by atoms with Gasteiger partial charge in [0.2, 0.25) is 22.1 Å². The van der Waals surface area contributed by atoms with Crippen molar-refractivity contribution in [1.82, 2.24) is 20.4 Å². The lowest BCUT2D eigenvalue weighted by Crippen LogP contribution is -2.44. The molecule has 2 aliphatic rings. The molecule has 3 rings (SSSR count). The molecule has 27 heavy (non-hydrogen) atoms. The summed E-state index contributed by atoms with van der Waals surface area (Å²) in [5.74, 6) is 0.240. The summed E-state index contributed by atoms with van der Waals surface area (Å²) in [6, 6.07) is 0. The van der Waals surface area contributed by atoms with Gasteiger partial charge in [-0.3, -0.25) is 14.5 Å². The number of piperidine rings is 1. The molecule has 8 nitrogen and oxygen atoms in total. The Morgan fingerprint density at radius 3 is 2.70 bits per heavy atom. The van der Waals surface area contributed by atoms with Crippen LogP contribution in [0.2, 0.25) is 0 Å². The van der Waals surface area contributed by atoms with E-state index in [0.717, 1.165) is 57.1 Å². The second-order valence-corrected chi connectivity index (χ2v) is 8.05. The van der Waals surface area contributed by atoms with Crippen molar-refractivity contribution in [3.63, 3.8) is 0 Å². The van der Waals surface area contributed by atoms with Crippen LogP contribution in [0.5, 0.6) is 0 Å². The Hall–Kier alpha value is -1.74. The monoisotopic (exact) mass is 394 g/mol. The maximum atomic E-state index is 12.5. The first-order valence-electron chi connectivity index (χ1n) is 10.0. The predicted octanol–water partition coefficient (Wildman–Crippen LogP) is 1.34. The second kappa shape index (κ2) is 9.45. The van der Waals surface area contributed by atoms with Crippen molar-refractivity contribution in [2.45, 2.75) is 39.5 Å². The van der Waals surface area contributed by atoms with E-state index in [-0.39, 0.29) is 17.7 Å². The molecule has 2 amide bonds. The van der Waals surface area contributed by atoms with Gasteiger partial charge in [0.25, 0.3) is 0 Å². The Labute approximate surface area is 164 Å². The van der Waals surface area contributed by atoms with Gasteiger partial charge in [-0.1, -0.05) is 25.2 Å². The Morgan fingerprint density at radius 2 is 2.00 bits per heavy atom. The number of likely N-dealkylation sites (N-methyl/N-ethyl adjacent to an activating group) is 1. The summed E-state index contributed by atoms with van der Waals surface area (Å²) in [6.45, 7) is 10.1. The lowest BCUT2D eigenvalue weighted by Gasteiger charge is -2.31. The molecule has 1 aromatic heterocycles. The minimum absolute atomic E-state index is 0.0174. The molecule has 0 aromatic carbocycles. The maximum Gasteiger partial charge on any atom is 0.228 e. The average molecular weight is 395 g/mol. The fourth-order valence-electron chi connectivity index (χ4n) is 3.68. The molecule has 0 spiro atoms. The number of nitrogens with one attached hydrogen (secondary N) is 1. The Morgan fingerprint density at radius 1 is 1.22 bits per heavy atom. The Balaban J connectivity index is 1.52. The van der Waals surface area contributed by atoms with Gasteiger partial charge in [-0.25, -0.2) is 0 Å². The van der Waals surface area contributed by atoms with E-state index in [1.54, 1.807) is 4.90 Å². The molecular formula is C18H30N6O2S. The number of hydrogen-bond acceptors (Lipinski definition) is 7. The van der Waals surface area contributed by atoms with Crippen LogP contribution >= 0.6 is 11.3 Å². The molecule has 0 unspecified atom stereocenters. The molecule has 1 atom stereocenters. The van der Waals surface area contributed by atoms with E-state index in [1.807, 2.05) is 0 Å². The lowest BCUT2D eigenvalue weighted by molar-refractivity contribution is -0.125. The molecular weight excluding hydrogens is 364 g/mol. The largest absolute Gasteiger partial charge is 0.355 e. The van der Waals surface area contributed by atoms with Crippen molar-refractivity contribution < 1.29 is 9.59 Å². The Bertz CT molecular complexity index is 648.